The predicted molar refractivity (Wildman–Crippen MR) is 96.2 cm³/mol. The Labute approximate surface area is 153 Å². The van der Waals surface area contributed by atoms with Crippen LogP contribution in [0.4, 0.5) is 36.3 Å². The summed E-state index contributed by atoms with van der Waals surface area (Å²) in [6.45, 7) is 1.73. The van der Waals surface area contributed by atoms with Crippen molar-refractivity contribution in [2.24, 2.45) is 0 Å². The van der Waals surface area contributed by atoms with Crippen LogP contribution in [0.1, 0.15) is 11.3 Å². The predicted octanol–water partition coefficient (Wildman–Crippen LogP) is 5.94. The summed E-state index contributed by atoms with van der Waals surface area (Å²) in [7, 11) is 0. The number of benzene rings is 2. The molecule has 0 radical (unpaired) electrons. The summed E-state index contributed by atoms with van der Waals surface area (Å²) >= 11 is 5.70. The second kappa shape index (κ2) is 7.21. The van der Waals surface area contributed by atoms with Crippen molar-refractivity contribution in [1.82, 2.24) is 9.97 Å². The Kier molecular flexibility index (Phi) is 4.99. The normalized spacial score (nSPS) is 11.3. The van der Waals surface area contributed by atoms with E-state index in [0.29, 0.717) is 11.5 Å². The Balaban J connectivity index is 1.91. The number of aryl methyl sites for hydroxylation is 1. The quantitative estimate of drug-likeness (QED) is 0.589. The molecular weight excluding hydrogens is 365 g/mol. The van der Waals surface area contributed by atoms with E-state index in [9.17, 15) is 13.2 Å². The smallest absolute Gasteiger partial charge is 0.340 e. The monoisotopic (exact) mass is 378 g/mol. The first-order valence-electron chi connectivity index (χ1n) is 7.63. The van der Waals surface area contributed by atoms with Crippen LogP contribution in [-0.4, -0.2) is 9.97 Å². The van der Waals surface area contributed by atoms with Crippen LogP contribution >= 0.6 is 11.6 Å². The third-order valence-corrected chi connectivity index (χ3v) is 3.67. The van der Waals surface area contributed by atoms with Crippen molar-refractivity contribution in [3.05, 3.63) is 70.9 Å². The van der Waals surface area contributed by atoms with Gasteiger partial charge in [-0.05, 0) is 37.3 Å². The SMILES string of the molecule is Cc1cc(Nc2ccccc2)nc(Nc2ccc(Cl)cc2C(F)(F)F)n1. The molecule has 2 N–H and O–H groups in total. The molecule has 0 saturated heterocycles. The Morgan fingerprint density at radius 2 is 1.65 bits per heavy atom. The number of hydrogen-bond acceptors (Lipinski definition) is 4. The molecule has 134 valence electrons. The van der Waals surface area contributed by atoms with E-state index in [2.05, 4.69) is 20.6 Å². The van der Waals surface area contributed by atoms with Crippen LogP contribution in [0, 0.1) is 6.92 Å². The van der Waals surface area contributed by atoms with E-state index in [0.717, 1.165) is 11.8 Å². The van der Waals surface area contributed by atoms with Gasteiger partial charge >= 0.3 is 6.18 Å². The number of para-hydroxylation sites is 1. The molecule has 0 saturated carbocycles. The van der Waals surface area contributed by atoms with Crippen LogP contribution < -0.4 is 10.6 Å². The second-order valence-electron chi connectivity index (χ2n) is 5.52. The van der Waals surface area contributed by atoms with Crippen molar-refractivity contribution in [2.75, 3.05) is 10.6 Å². The number of hydrogen-bond donors (Lipinski definition) is 2. The number of rotatable bonds is 4. The number of halogens is 4. The van der Waals surface area contributed by atoms with Gasteiger partial charge < -0.3 is 10.6 Å². The van der Waals surface area contributed by atoms with Crippen LogP contribution in [0.2, 0.25) is 5.02 Å². The van der Waals surface area contributed by atoms with Crippen LogP contribution in [-0.2, 0) is 6.18 Å². The van der Waals surface area contributed by atoms with Gasteiger partial charge in [-0.3, -0.25) is 0 Å². The second-order valence-corrected chi connectivity index (χ2v) is 5.96. The first-order chi connectivity index (χ1) is 12.3. The van der Waals surface area contributed by atoms with Crippen molar-refractivity contribution < 1.29 is 13.2 Å². The minimum Gasteiger partial charge on any atom is -0.340 e. The Morgan fingerprint density at radius 1 is 0.923 bits per heavy atom. The molecule has 0 aliphatic heterocycles. The number of nitrogens with zero attached hydrogens (tertiary/aromatic N) is 2. The van der Waals surface area contributed by atoms with Crippen molar-refractivity contribution in [1.29, 1.82) is 0 Å². The Bertz CT molecular complexity index is 914. The van der Waals surface area contributed by atoms with E-state index in [-0.39, 0.29) is 16.7 Å². The van der Waals surface area contributed by atoms with Gasteiger partial charge in [-0.25, -0.2) is 4.98 Å². The van der Waals surface area contributed by atoms with Gasteiger partial charge in [0.05, 0.1) is 11.3 Å². The number of anilines is 4. The fraction of sp³-hybridized carbons (Fsp3) is 0.111. The molecule has 1 aromatic heterocycles. The van der Waals surface area contributed by atoms with Crippen LogP contribution in [0.5, 0.6) is 0 Å². The third-order valence-electron chi connectivity index (χ3n) is 3.43. The zero-order valence-corrected chi connectivity index (χ0v) is 14.4. The van der Waals surface area contributed by atoms with Crippen molar-refractivity contribution in [2.45, 2.75) is 13.1 Å². The topological polar surface area (TPSA) is 49.8 Å². The highest BCUT2D eigenvalue weighted by Crippen LogP contribution is 2.37. The van der Waals surface area contributed by atoms with E-state index in [1.165, 1.54) is 12.1 Å². The molecule has 26 heavy (non-hydrogen) atoms. The fourth-order valence-electron chi connectivity index (χ4n) is 2.34. The molecule has 0 atom stereocenters. The molecule has 1 heterocycles. The highest BCUT2D eigenvalue weighted by molar-refractivity contribution is 6.30. The van der Waals surface area contributed by atoms with E-state index in [4.69, 9.17) is 11.6 Å². The van der Waals surface area contributed by atoms with E-state index in [1.54, 1.807) is 13.0 Å². The van der Waals surface area contributed by atoms with Crippen molar-refractivity contribution in [3.63, 3.8) is 0 Å². The molecular formula is C18H14ClF3N4. The number of alkyl halides is 3. The lowest BCUT2D eigenvalue weighted by molar-refractivity contribution is -0.136. The largest absolute Gasteiger partial charge is 0.418 e. The molecule has 0 aliphatic rings. The Morgan fingerprint density at radius 3 is 2.35 bits per heavy atom. The first kappa shape index (κ1) is 18.0. The molecule has 0 unspecified atom stereocenters. The summed E-state index contributed by atoms with van der Waals surface area (Å²) in [6.07, 6.45) is -4.55. The fourth-order valence-corrected chi connectivity index (χ4v) is 2.51. The first-order valence-corrected chi connectivity index (χ1v) is 8.00. The lowest BCUT2D eigenvalue weighted by Crippen LogP contribution is -2.10. The van der Waals surface area contributed by atoms with Crippen LogP contribution in [0.25, 0.3) is 0 Å². The van der Waals surface area contributed by atoms with Gasteiger partial charge in [-0.15, -0.1) is 0 Å². The zero-order valence-electron chi connectivity index (χ0n) is 13.6. The van der Waals surface area contributed by atoms with Gasteiger partial charge in [0.25, 0.3) is 0 Å². The summed E-state index contributed by atoms with van der Waals surface area (Å²) in [5.74, 6) is 0.518. The summed E-state index contributed by atoms with van der Waals surface area (Å²) in [5, 5.41) is 5.72. The van der Waals surface area contributed by atoms with Gasteiger partial charge in [0.2, 0.25) is 5.95 Å². The van der Waals surface area contributed by atoms with Gasteiger partial charge in [0.1, 0.15) is 5.82 Å². The Hall–Kier alpha value is -2.80. The number of aromatic nitrogens is 2. The standard InChI is InChI=1S/C18H14ClF3N4/c1-11-9-16(24-13-5-3-2-4-6-13)26-17(23-11)25-15-8-7-12(19)10-14(15)18(20,21)22/h2-10H,1H3,(H2,23,24,25,26). The lowest BCUT2D eigenvalue weighted by atomic mass is 10.1. The van der Waals surface area contributed by atoms with Gasteiger partial charge in [0.15, 0.2) is 0 Å². The van der Waals surface area contributed by atoms with Crippen molar-refractivity contribution in [3.8, 4) is 0 Å². The van der Waals surface area contributed by atoms with Gasteiger partial charge in [0, 0.05) is 22.5 Å². The molecule has 4 nitrogen and oxygen atoms in total. The highest BCUT2D eigenvalue weighted by Gasteiger charge is 2.34. The molecule has 3 aromatic rings. The maximum atomic E-state index is 13.2. The minimum absolute atomic E-state index is 0.000492. The van der Waals surface area contributed by atoms with Gasteiger partial charge in [-0.2, -0.15) is 18.2 Å². The van der Waals surface area contributed by atoms with E-state index >= 15 is 0 Å². The van der Waals surface area contributed by atoms with Crippen LogP contribution in [0.15, 0.2) is 54.6 Å². The van der Waals surface area contributed by atoms with Crippen LogP contribution in [0.3, 0.4) is 0 Å². The van der Waals surface area contributed by atoms with E-state index in [1.807, 2.05) is 30.3 Å². The summed E-state index contributed by atoms with van der Waals surface area (Å²) in [5.41, 5.74) is 0.355. The van der Waals surface area contributed by atoms with Gasteiger partial charge in [-0.1, -0.05) is 29.8 Å². The molecule has 0 amide bonds. The molecule has 0 fully saturated rings. The average molecular weight is 379 g/mol. The maximum Gasteiger partial charge on any atom is 0.418 e. The van der Waals surface area contributed by atoms with E-state index < -0.39 is 11.7 Å². The number of nitrogens with one attached hydrogen (secondary N) is 2. The van der Waals surface area contributed by atoms with Crippen molar-refractivity contribution >= 4 is 34.7 Å². The zero-order chi connectivity index (χ0) is 18.7. The maximum absolute atomic E-state index is 13.2. The molecule has 8 heteroatoms. The summed E-state index contributed by atoms with van der Waals surface area (Å²) in [6, 6.07) is 14.5. The highest BCUT2D eigenvalue weighted by atomic mass is 35.5. The molecule has 0 aliphatic carbocycles. The lowest BCUT2D eigenvalue weighted by Gasteiger charge is -2.15. The molecule has 0 bridgehead atoms. The molecule has 0 spiro atoms. The minimum atomic E-state index is -4.55. The molecule has 2 aromatic carbocycles. The third kappa shape index (κ3) is 4.43. The summed E-state index contributed by atoms with van der Waals surface area (Å²) < 4.78 is 39.7. The average Bonchev–Trinajstić information content (AvgIpc) is 2.56. The molecule has 3 rings (SSSR count). The summed E-state index contributed by atoms with van der Waals surface area (Å²) in [4.78, 5) is 8.39.